The van der Waals surface area contributed by atoms with E-state index < -0.39 is 0 Å². The monoisotopic (exact) mass is 320 g/mol. The molecule has 1 N–H and O–H groups in total. The van der Waals surface area contributed by atoms with Crippen LogP contribution in [0.15, 0.2) is 54.9 Å². The van der Waals surface area contributed by atoms with Gasteiger partial charge in [0.25, 0.3) is 0 Å². The van der Waals surface area contributed by atoms with Gasteiger partial charge >= 0.3 is 0 Å². The van der Waals surface area contributed by atoms with E-state index in [1.807, 2.05) is 36.4 Å². The zero-order valence-electron chi connectivity index (χ0n) is 13.5. The van der Waals surface area contributed by atoms with Gasteiger partial charge in [-0.15, -0.1) is 0 Å². The van der Waals surface area contributed by atoms with Gasteiger partial charge in [-0.2, -0.15) is 0 Å². The predicted molar refractivity (Wildman–Crippen MR) is 95.1 cm³/mol. The number of fused-ring (bicyclic) bond motifs is 1. The van der Waals surface area contributed by atoms with Gasteiger partial charge in [-0.25, -0.2) is 9.97 Å². The van der Waals surface area contributed by atoms with Crippen molar-refractivity contribution in [3.63, 3.8) is 0 Å². The summed E-state index contributed by atoms with van der Waals surface area (Å²) in [5.74, 6) is 1.39. The molecule has 0 unspecified atom stereocenters. The molecule has 2 aromatic carbocycles. The molecule has 0 bridgehead atoms. The van der Waals surface area contributed by atoms with Crippen molar-refractivity contribution in [2.75, 3.05) is 31.1 Å². The number of phenolic OH excluding ortho intramolecular Hbond substituents is 1. The molecule has 122 valence electrons. The smallest absolute Gasteiger partial charge is 0.139 e. The Kier molecular flexibility index (Phi) is 4.01. The zero-order chi connectivity index (χ0) is 16.4. The van der Waals surface area contributed by atoms with Crippen molar-refractivity contribution in [3.05, 3.63) is 60.4 Å². The predicted octanol–water partition coefficient (Wildman–Crippen LogP) is 2.66. The van der Waals surface area contributed by atoms with Gasteiger partial charge in [0.1, 0.15) is 17.9 Å². The van der Waals surface area contributed by atoms with Crippen molar-refractivity contribution in [2.24, 2.45) is 0 Å². The molecule has 5 heteroatoms. The lowest BCUT2D eigenvalue weighted by atomic mass is 10.1. The first-order valence-corrected chi connectivity index (χ1v) is 8.25. The van der Waals surface area contributed by atoms with Crippen LogP contribution in [0.4, 0.5) is 5.82 Å². The van der Waals surface area contributed by atoms with Gasteiger partial charge in [-0.05, 0) is 18.2 Å². The van der Waals surface area contributed by atoms with Crippen LogP contribution in [-0.4, -0.2) is 46.2 Å². The highest BCUT2D eigenvalue weighted by Gasteiger charge is 2.20. The van der Waals surface area contributed by atoms with Gasteiger partial charge in [0.15, 0.2) is 0 Å². The Hall–Kier alpha value is -2.66. The summed E-state index contributed by atoms with van der Waals surface area (Å²) in [4.78, 5) is 13.5. The molecule has 5 nitrogen and oxygen atoms in total. The number of piperazine rings is 1. The first-order chi connectivity index (χ1) is 11.8. The van der Waals surface area contributed by atoms with Gasteiger partial charge < -0.3 is 10.0 Å². The molecule has 1 aromatic heterocycles. The number of aromatic nitrogens is 2. The fourth-order valence-electron chi connectivity index (χ4n) is 3.25. The number of hydrogen-bond acceptors (Lipinski definition) is 5. The Morgan fingerprint density at radius 1 is 0.875 bits per heavy atom. The Morgan fingerprint density at radius 2 is 1.62 bits per heavy atom. The standard InChI is InChI=1S/C19H20N4O/c24-18-8-4-1-5-15(18)13-22-9-11-23(12-10-22)19-16-6-2-3-7-17(16)20-14-21-19/h1-8,14,24H,9-13H2. The molecule has 4 rings (SSSR count). The second-order valence-electron chi connectivity index (χ2n) is 6.11. The summed E-state index contributed by atoms with van der Waals surface area (Å²) in [5, 5.41) is 11.0. The molecule has 1 aliphatic heterocycles. The molecule has 0 saturated carbocycles. The molecule has 1 saturated heterocycles. The molecule has 24 heavy (non-hydrogen) atoms. The van der Waals surface area contributed by atoms with Crippen LogP contribution in [0.5, 0.6) is 5.75 Å². The number of aromatic hydroxyl groups is 1. The summed E-state index contributed by atoms with van der Waals surface area (Å²) in [6.07, 6.45) is 1.64. The maximum atomic E-state index is 9.94. The van der Waals surface area contributed by atoms with Crippen LogP contribution in [0, 0.1) is 0 Å². The van der Waals surface area contributed by atoms with Crippen LogP contribution in [0.1, 0.15) is 5.56 Å². The molecule has 2 heterocycles. The number of anilines is 1. The summed E-state index contributed by atoms with van der Waals surface area (Å²) in [7, 11) is 0. The lowest BCUT2D eigenvalue weighted by molar-refractivity contribution is 0.246. The number of phenols is 1. The molecular weight excluding hydrogens is 300 g/mol. The highest BCUT2D eigenvalue weighted by Crippen LogP contribution is 2.24. The van der Waals surface area contributed by atoms with Crippen molar-refractivity contribution in [2.45, 2.75) is 6.54 Å². The molecule has 1 aliphatic rings. The third-order valence-corrected chi connectivity index (χ3v) is 4.58. The normalized spacial score (nSPS) is 15.8. The van der Waals surface area contributed by atoms with Crippen molar-refractivity contribution >= 4 is 16.7 Å². The number of rotatable bonds is 3. The number of nitrogens with zero attached hydrogens (tertiary/aromatic N) is 4. The van der Waals surface area contributed by atoms with E-state index in [0.29, 0.717) is 5.75 Å². The van der Waals surface area contributed by atoms with Crippen molar-refractivity contribution in [3.8, 4) is 5.75 Å². The highest BCUT2D eigenvalue weighted by molar-refractivity contribution is 5.89. The summed E-state index contributed by atoms with van der Waals surface area (Å²) >= 11 is 0. The minimum Gasteiger partial charge on any atom is -0.508 e. The van der Waals surface area contributed by atoms with Crippen molar-refractivity contribution in [1.82, 2.24) is 14.9 Å². The number of benzene rings is 2. The summed E-state index contributed by atoms with van der Waals surface area (Å²) < 4.78 is 0. The van der Waals surface area contributed by atoms with Crippen molar-refractivity contribution in [1.29, 1.82) is 0 Å². The Labute approximate surface area is 141 Å². The molecule has 0 aliphatic carbocycles. The fraction of sp³-hybridized carbons (Fsp3) is 0.263. The van der Waals surface area contributed by atoms with E-state index in [1.54, 1.807) is 12.4 Å². The van der Waals surface area contributed by atoms with Gasteiger partial charge in [-0.1, -0.05) is 30.3 Å². The molecule has 3 aromatic rings. The van der Waals surface area contributed by atoms with E-state index >= 15 is 0 Å². The van der Waals surface area contributed by atoms with E-state index in [1.165, 1.54) is 0 Å². The van der Waals surface area contributed by atoms with Crippen LogP contribution in [-0.2, 0) is 6.54 Å². The molecule has 0 radical (unpaired) electrons. The topological polar surface area (TPSA) is 52.5 Å². The fourth-order valence-corrected chi connectivity index (χ4v) is 3.25. The van der Waals surface area contributed by atoms with Gasteiger partial charge in [0.05, 0.1) is 5.52 Å². The summed E-state index contributed by atoms with van der Waals surface area (Å²) in [5.41, 5.74) is 1.97. The van der Waals surface area contributed by atoms with Crippen molar-refractivity contribution < 1.29 is 5.11 Å². The van der Waals surface area contributed by atoms with Gasteiger partial charge in [0.2, 0.25) is 0 Å². The molecule has 0 spiro atoms. The minimum atomic E-state index is 0.377. The third kappa shape index (κ3) is 2.90. The van der Waals surface area contributed by atoms with E-state index in [4.69, 9.17) is 0 Å². The van der Waals surface area contributed by atoms with Crippen LogP contribution in [0.2, 0.25) is 0 Å². The Balaban J connectivity index is 1.47. The number of hydrogen-bond donors (Lipinski definition) is 1. The zero-order valence-corrected chi connectivity index (χ0v) is 13.5. The minimum absolute atomic E-state index is 0.377. The van der Waals surface area contributed by atoms with Crippen LogP contribution < -0.4 is 4.90 Å². The summed E-state index contributed by atoms with van der Waals surface area (Å²) in [6, 6.07) is 15.7. The first kappa shape index (κ1) is 14.9. The van der Waals surface area contributed by atoms with Crippen LogP contribution >= 0.6 is 0 Å². The van der Waals surface area contributed by atoms with E-state index in [-0.39, 0.29) is 0 Å². The molecule has 0 atom stereocenters. The largest absolute Gasteiger partial charge is 0.508 e. The lowest BCUT2D eigenvalue weighted by Gasteiger charge is -2.35. The average molecular weight is 320 g/mol. The first-order valence-electron chi connectivity index (χ1n) is 8.25. The van der Waals surface area contributed by atoms with Gasteiger partial charge in [-0.3, -0.25) is 4.90 Å². The Bertz CT molecular complexity index is 838. The molecule has 0 amide bonds. The maximum absolute atomic E-state index is 9.94. The van der Waals surface area contributed by atoms with E-state index in [9.17, 15) is 5.11 Å². The highest BCUT2D eigenvalue weighted by atomic mass is 16.3. The quantitative estimate of drug-likeness (QED) is 0.804. The lowest BCUT2D eigenvalue weighted by Crippen LogP contribution is -2.46. The van der Waals surface area contributed by atoms with E-state index in [0.717, 1.165) is 55.0 Å². The third-order valence-electron chi connectivity index (χ3n) is 4.58. The molecule has 1 fully saturated rings. The van der Waals surface area contributed by atoms with Gasteiger partial charge in [0, 0.05) is 43.7 Å². The second kappa shape index (κ2) is 6.45. The Morgan fingerprint density at radius 3 is 2.46 bits per heavy atom. The molecular formula is C19H20N4O. The van der Waals surface area contributed by atoms with E-state index in [2.05, 4.69) is 25.8 Å². The second-order valence-corrected chi connectivity index (χ2v) is 6.11. The van der Waals surface area contributed by atoms with Crippen LogP contribution in [0.25, 0.3) is 10.9 Å². The average Bonchev–Trinajstić information content (AvgIpc) is 2.64. The van der Waals surface area contributed by atoms with Crippen LogP contribution in [0.3, 0.4) is 0 Å². The number of para-hydroxylation sites is 2. The summed E-state index contributed by atoms with van der Waals surface area (Å²) in [6.45, 7) is 4.54. The SMILES string of the molecule is Oc1ccccc1CN1CCN(c2ncnc3ccccc23)CC1. The maximum Gasteiger partial charge on any atom is 0.139 e.